The summed E-state index contributed by atoms with van der Waals surface area (Å²) in [6, 6.07) is 6.79. The van der Waals surface area contributed by atoms with Crippen molar-refractivity contribution in [3.8, 4) is 0 Å². The number of hydrogen-bond acceptors (Lipinski definition) is 3. The zero-order valence-electron chi connectivity index (χ0n) is 12.7. The lowest BCUT2D eigenvalue weighted by Crippen LogP contribution is -2.37. The molecule has 1 saturated carbocycles. The summed E-state index contributed by atoms with van der Waals surface area (Å²) in [5.41, 5.74) is 0.941. The molecule has 1 aliphatic rings. The van der Waals surface area contributed by atoms with Crippen molar-refractivity contribution in [1.29, 1.82) is 0 Å². The van der Waals surface area contributed by atoms with Gasteiger partial charge in [0.2, 0.25) is 10.0 Å². The van der Waals surface area contributed by atoms with Gasteiger partial charge in [-0.25, -0.2) is 13.1 Å². The standard InChI is InChI=1S/C16H25NO3S/c1-3-14-6-9-16(12(14)2)17-21(19,20)15-7-4-13(5-8-15)10-11-18/h4-5,7-8,12,14,16-18H,3,6,9-11H2,1-2H3. The van der Waals surface area contributed by atoms with Gasteiger partial charge in [-0.2, -0.15) is 0 Å². The first-order valence-corrected chi connectivity index (χ1v) is 9.18. The van der Waals surface area contributed by atoms with Crippen LogP contribution in [0.4, 0.5) is 0 Å². The molecule has 0 saturated heterocycles. The van der Waals surface area contributed by atoms with Gasteiger partial charge in [0.25, 0.3) is 0 Å². The molecule has 1 aliphatic carbocycles. The summed E-state index contributed by atoms with van der Waals surface area (Å²) in [5.74, 6) is 1.00. The summed E-state index contributed by atoms with van der Waals surface area (Å²) < 4.78 is 27.7. The zero-order valence-corrected chi connectivity index (χ0v) is 13.6. The lowest BCUT2D eigenvalue weighted by Gasteiger charge is -2.21. The van der Waals surface area contributed by atoms with Gasteiger partial charge in [-0.3, -0.25) is 0 Å². The van der Waals surface area contributed by atoms with Crippen LogP contribution < -0.4 is 4.72 Å². The molecular weight excluding hydrogens is 286 g/mol. The maximum atomic E-state index is 12.4. The van der Waals surface area contributed by atoms with Gasteiger partial charge in [0, 0.05) is 12.6 Å². The zero-order chi connectivity index (χ0) is 15.5. The Morgan fingerprint density at radius 1 is 1.24 bits per heavy atom. The summed E-state index contributed by atoms with van der Waals surface area (Å²) >= 11 is 0. The first-order valence-electron chi connectivity index (χ1n) is 7.70. The van der Waals surface area contributed by atoms with Crippen molar-refractivity contribution in [1.82, 2.24) is 4.72 Å². The Hall–Kier alpha value is -0.910. The average Bonchev–Trinajstić information content (AvgIpc) is 2.80. The number of benzene rings is 1. The molecular formula is C16H25NO3S. The Morgan fingerprint density at radius 3 is 2.43 bits per heavy atom. The third-order valence-corrected chi connectivity index (χ3v) is 6.20. The molecule has 0 spiro atoms. The topological polar surface area (TPSA) is 66.4 Å². The molecule has 2 N–H and O–H groups in total. The highest BCUT2D eigenvalue weighted by atomic mass is 32.2. The van der Waals surface area contributed by atoms with Gasteiger partial charge < -0.3 is 5.11 Å². The van der Waals surface area contributed by atoms with Crippen LogP contribution >= 0.6 is 0 Å². The normalized spacial score (nSPS) is 26.1. The Morgan fingerprint density at radius 2 is 1.90 bits per heavy atom. The van der Waals surface area contributed by atoms with E-state index in [0.29, 0.717) is 23.2 Å². The fourth-order valence-electron chi connectivity index (χ4n) is 3.22. The molecule has 0 bridgehead atoms. The Balaban J connectivity index is 2.08. The minimum Gasteiger partial charge on any atom is -0.396 e. The lowest BCUT2D eigenvalue weighted by molar-refractivity contribution is 0.299. The quantitative estimate of drug-likeness (QED) is 0.847. The molecule has 21 heavy (non-hydrogen) atoms. The second-order valence-electron chi connectivity index (χ2n) is 5.95. The minimum atomic E-state index is -3.45. The van der Waals surface area contributed by atoms with E-state index in [1.165, 1.54) is 0 Å². The minimum absolute atomic E-state index is 0.0390. The second-order valence-corrected chi connectivity index (χ2v) is 7.66. The van der Waals surface area contributed by atoms with Gasteiger partial charge in [-0.1, -0.05) is 32.4 Å². The van der Waals surface area contributed by atoms with Crippen molar-refractivity contribution in [2.24, 2.45) is 11.8 Å². The summed E-state index contributed by atoms with van der Waals surface area (Å²) in [5, 5.41) is 8.89. The smallest absolute Gasteiger partial charge is 0.240 e. The van der Waals surface area contributed by atoms with Gasteiger partial charge in [-0.05, 0) is 48.8 Å². The van der Waals surface area contributed by atoms with Crippen LogP contribution in [-0.4, -0.2) is 26.2 Å². The van der Waals surface area contributed by atoms with E-state index in [-0.39, 0.29) is 12.6 Å². The van der Waals surface area contributed by atoms with E-state index in [9.17, 15) is 8.42 Å². The molecule has 3 atom stereocenters. The van der Waals surface area contributed by atoms with Crippen molar-refractivity contribution in [3.63, 3.8) is 0 Å². The Kier molecular flexibility index (Phi) is 5.41. The average molecular weight is 311 g/mol. The molecule has 1 fully saturated rings. The molecule has 0 radical (unpaired) electrons. The molecule has 1 aromatic carbocycles. The van der Waals surface area contributed by atoms with Crippen LogP contribution in [0.3, 0.4) is 0 Å². The van der Waals surface area contributed by atoms with Crippen LogP contribution in [-0.2, 0) is 16.4 Å². The third kappa shape index (κ3) is 3.84. The highest BCUT2D eigenvalue weighted by Gasteiger charge is 2.34. The van der Waals surface area contributed by atoms with E-state index in [2.05, 4.69) is 18.6 Å². The van der Waals surface area contributed by atoms with Crippen LogP contribution in [0.25, 0.3) is 0 Å². The number of hydrogen-bond donors (Lipinski definition) is 2. The maximum absolute atomic E-state index is 12.4. The number of nitrogens with one attached hydrogen (secondary N) is 1. The van der Waals surface area contributed by atoms with Crippen molar-refractivity contribution in [2.45, 2.75) is 50.5 Å². The molecule has 0 aliphatic heterocycles. The molecule has 0 heterocycles. The summed E-state index contributed by atoms with van der Waals surface area (Å²) in [6.07, 6.45) is 3.67. The molecule has 118 valence electrons. The van der Waals surface area contributed by atoms with Crippen molar-refractivity contribution in [2.75, 3.05) is 6.61 Å². The van der Waals surface area contributed by atoms with Crippen LogP contribution in [0.2, 0.25) is 0 Å². The van der Waals surface area contributed by atoms with Gasteiger partial charge in [-0.15, -0.1) is 0 Å². The van der Waals surface area contributed by atoms with E-state index in [4.69, 9.17) is 5.11 Å². The first-order chi connectivity index (χ1) is 9.97. The van der Waals surface area contributed by atoms with Gasteiger partial charge in [0.15, 0.2) is 0 Å². The van der Waals surface area contributed by atoms with E-state index in [1.54, 1.807) is 24.3 Å². The van der Waals surface area contributed by atoms with Crippen LogP contribution in [0.1, 0.15) is 38.7 Å². The van der Waals surface area contributed by atoms with Crippen molar-refractivity contribution >= 4 is 10.0 Å². The van der Waals surface area contributed by atoms with Crippen LogP contribution in [0.5, 0.6) is 0 Å². The fourth-order valence-corrected chi connectivity index (χ4v) is 4.58. The predicted molar refractivity (Wildman–Crippen MR) is 83.5 cm³/mol. The fraction of sp³-hybridized carbons (Fsp3) is 0.625. The van der Waals surface area contributed by atoms with E-state index < -0.39 is 10.0 Å². The van der Waals surface area contributed by atoms with Gasteiger partial charge in [0.05, 0.1) is 4.90 Å². The molecule has 2 rings (SSSR count). The third-order valence-electron chi connectivity index (χ3n) is 4.69. The predicted octanol–water partition coefficient (Wildman–Crippen LogP) is 2.32. The lowest BCUT2D eigenvalue weighted by atomic mass is 9.94. The molecule has 4 nitrogen and oxygen atoms in total. The second kappa shape index (κ2) is 6.90. The van der Waals surface area contributed by atoms with E-state index in [1.807, 2.05) is 0 Å². The number of rotatable bonds is 6. The van der Waals surface area contributed by atoms with E-state index >= 15 is 0 Å². The van der Waals surface area contributed by atoms with E-state index in [0.717, 1.165) is 24.8 Å². The summed E-state index contributed by atoms with van der Waals surface area (Å²) in [6.45, 7) is 4.37. The molecule has 0 aromatic heterocycles. The summed E-state index contributed by atoms with van der Waals surface area (Å²) in [4.78, 5) is 0.302. The number of aliphatic hydroxyl groups is 1. The molecule has 3 unspecified atom stereocenters. The Labute approximate surface area is 127 Å². The maximum Gasteiger partial charge on any atom is 0.240 e. The highest BCUT2D eigenvalue weighted by molar-refractivity contribution is 7.89. The number of aliphatic hydroxyl groups excluding tert-OH is 1. The largest absolute Gasteiger partial charge is 0.396 e. The van der Waals surface area contributed by atoms with Gasteiger partial charge in [0.1, 0.15) is 0 Å². The Bertz CT molecular complexity index is 553. The molecule has 0 amide bonds. The van der Waals surface area contributed by atoms with Gasteiger partial charge >= 0.3 is 0 Å². The van der Waals surface area contributed by atoms with Crippen LogP contribution in [0, 0.1) is 11.8 Å². The molecule has 1 aromatic rings. The van der Waals surface area contributed by atoms with Crippen LogP contribution in [0.15, 0.2) is 29.2 Å². The monoisotopic (exact) mass is 311 g/mol. The first kappa shape index (κ1) is 16.5. The SMILES string of the molecule is CCC1CCC(NS(=O)(=O)c2ccc(CCO)cc2)C1C. The number of sulfonamides is 1. The highest BCUT2D eigenvalue weighted by Crippen LogP contribution is 2.34. The van der Waals surface area contributed by atoms with Crippen molar-refractivity contribution in [3.05, 3.63) is 29.8 Å². The van der Waals surface area contributed by atoms with Crippen molar-refractivity contribution < 1.29 is 13.5 Å². The summed E-state index contributed by atoms with van der Waals surface area (Å²) in [7, 11) is -3.45. The molecule has 5 heteroatoms.